The van der Waals surface area contributed by atoms with Crippen molar-refractivity contribution >= 4 is 5.82 Å². The fraction of sp³-hybridized carbons (Fsp3) is 0.636. The van der Waals surface area contributed by atoms with Gasteiger partial charge in [-0.05, 0) is 12.8 Å². The van der Waals surface area contributed by atoms with Crippen LogP contribution in [0.1, 0.15) is 26.5 Å². The van der Waals surface area contributed by atoms with Crippen molar-refractivity contribution in [3.8, 4) is 0 Å². The van der Waals surface area contributed by atoms with E-state index in [9.17, 15) is 0 Å². The molecule has 0 atom stereocenters. The van der Waals surface area contributed by atoms with Crippen LogP contribution in [-0.2, 0) is 6.54 Å². The highest BCUT2D eigenvalue weighted by Crippen LogP contribution is 2.15. The minimum atomic E-state index is 0.442. The minimum Gasteiger partial charge on any atom is -0.355 e. The van der Waals surface area contributed by atoms with Crippen molar-refractivity contribution in [1.82, 2.24) is 9.97 Å². The molecule has 1 rings (SSSR count). The molecule has 0 fully saturated rings. The van der Waals surface area contributed by atoms with Crippen molar-refractivity contribution in [2.45, 2.75) is 27.3 Å². The van der Waals surface area contributed by atoms with E-state index in [1.807, 2.05) is 0 Å². The topological polar surface area (TPSA) is 55.0 Å². The van der Waals surface area contributed by atoms with E-state index in [0.717, 1.165) is 24.6 Å². The van der Waals surface area contributed by atoms with Crippen LogP contribution in [0.3, 0.4) is 0 Å². The Morgan fingerprint density at radius 1 is 1.33 bits per heavy atom. The van der Waals surface area contributed by atoms with E-state index in [-0.39, 0.29) is 0 Å². The first-order valence-corrected chi connectivity index (χ1v) is 5.43. The average Bonchev–Trinajstić information content (AvgIpc) is 2.25. The molecule has 15 heavy (non-hydrogen) atoms. The second kappa shape index (κ2) is 5.66. The highest BCUT2D eigenvalue weighted by molar-refractivity contribution is 5.42. The summed E-state index contributed by atoms with van der Waals surface area (Å²) in [6, 6.07) is 0. The summed E-state index contributed by atoms with van der Waals surface area (Å²) in [4.78, 5) is 10.8. The van der Waals surface area contributed by atoms with Gasteiger partial charge >= 0.3 is 0 Å². The van der Waals surface area contributed by atoms with Crippen molar-refractivity contribution in [3.63, 3.8) is 0 Å². The summed E-state index contributed by atoms with van der Waals surface area (Å²) in [5.74, 6) is 1.54. The summed E-state index contributed by atoms with van der Waals surface area (Å²) >= 11 is 0. The van der Waals surface area contributed by atoms with Gasteiger partial charge in [0.1, 0.15) is 0 Å². The van der Waals surface area contributed by atoms with E-state index in [1.165, 1.54) is 0 Å². The van der Waals surface area contributed by atoms with Crippen LogP contribution in [0.25, 0.3) is 0 Å². The fourth-order valence-corrected chi connectivity index (χ4v) is 1.57. The molecule has 0 saturated heterocycles. The van der Waals surface area contributed by atoms with E-state index >= 15 is 0 Å². The van der Waals surface area contributed by atoms with Crippen LogP contribution in [0.5, 0.6) is 0 Å². The Labute approximate surface area is 91.5 Å². The van der Waals surface area contributed by atoms with Gasteiger partial charge in [0, 0.05) is 32.0 Å². The zero-order valence-electron chi connectivity index (χ0n) is 9.77. The van der Waals surface area contributed by atoms with Gasteiger partial charge in [-0.2, -0.15) is 0 Å². The Bertz CT molecular complexity index is 298. The molecule has 0 aliphatic rings. The predicted molar refractivity (Wildman–Crippen MR) is 62.6 cm³/mol. The van der Waals surface area contributed by atoms with Gasteiger partial charge in [-0.3, -0.25) is 4.98 Å². The first kappa shape index (κ1) is 11.9. The molecule has 0 spiro atoms. The average molecular weight is 208 g/mol. The zero-order chi connectivity index (χ0) is 11.3. The number of hydrogen-bond acceptors (Lipinski definition) is 4. The van der Waals surface area contributed by atoms with Gasteiger partial charge in [0.15, 0.2) is 5.82 Å². The molecule has 1 aromatic heterocycles. The quantitative estimate of drug-likeness (QED) is 0.795. The maximum Gasteiger partial charge on any atom is 0.151 e. The van der Waals surface area contributed by atoms with Crippen molar-refractivity contribution in [3.05, 3.63) is 18.1 Å². The van der Waals surface area contributed by atoms with Gasteiger partial charge in [-0.15, -0.1) is 0 Å². The predicted octanol–water partition coefficient (Wildman–Crippen LogP) is 1.42. The Balaban J connectivity index is 2.90. The standard InChI is InChI=1S/C11H20N4/c1-4-15(8-9(2)3)11-10(7-12)13-5-6-14-11/h5-6,9H,4,7-8,12H2,1-3H3. The molecule has 0 aliphatic heterocycles. The Morgan fingerprint density at radius 3 is 2.53 bits per heavy atom. The zero-order valence-corrected chi connectivity index (χ0v) is 9.77. The van der Waals surface area contributed by atoms with Gasteiger partial charge in [0.25, 0.3) is 0 Å². The van der Waals surface area contributed by atoms with Crippen LogP contribution in [0, 0.1) is 5.92 Å². The molecule has 0 radical (unpaired) electrons. The van der Waals surface area contributed by atoms with Crippen LogP contribution in [0.2, 0.25) is 0 Å². The lowest BCUT2D eigenvalue weighted by Gasteiger charge is -2.25. The summed E-state index contributed by atoms with van der Waals surface area (Å²) in [6.07, 6.45) is 3.41. The smallest absolute Gasteiger partial charge is 0.151 e. The Morgan fingerprint density at radius 2 is 2.00 bits per heavy atom. The third kappa shape index (κ3) is 3.16. The highest BCUT2D eigenvalue weighted by atomic mass is 15.2. The summed E-state index contributed by atoms with van der Waals surface area (Å²) in [5, 5.41) is 0. The summed E-state index contributed by atoms with van der Waals surface area (Å²) < 4.78 is 0. The van der Waals surface area contributed by atoms with Crippen molar-refractivity contribution in [2.75, 3.05) is 18.0 Å². The van der Waals surface area contributed by atoms with Crippen LogP contribution >= 0.6 is 0 Å². The van der Waals surface area contributed by atoms with Crippen LogP contribution < -0.4 is 10.6 Å². The van der Waals surface area contributed by atoms with E-state index in [2.05, 4.69) is 35.6 Å². The molecule has 1 aromatic rings. The number of hydrogen-bond donors (Lipinski definition) is 1. The number of anilines is 1. The summed E-state index contributed by atoms with van der Waals surface area (Å²) in [5.41, 5.74) is 6.52. The van der Waals surface area contributed by atoms with E-state index in [4.69, 9.17) is 5.73 Å². The molecule has 2 N–H and O–H groups in total. The van der Waals surface area contributed by atoms with Crippen molar-refractivity contribution in [2.24, 2.45) is 11.7 Å². The SMILES string of the molecule is CCN(CC(C)C)c1nccnc1CN. The van der Waals surface area contributed by atoms with Crippen LogP contribution in [-0.4, -0.2) is 23.1 Å². The number of aromatic nitrogens is 2. The van der Waals surface area contributed by atoms with Crippen molar-refractivity contribution in [1.29, 1.82) is 0 Å². The van der Waals surface area contributed by atoms with Gasteiger partial charge in [0.2, 0.25) is 0 Å². The first-order chi connectivity index (χ1) is 7.19. The second-order valence-electron chi connectivity index (χ2n) is 3.96. The number of nitrogens with two attached hydrogens (primary N) is 1. The maximum atomic E-state index is 5.64. The fourth-order valence-electron chi connectivity index (χ4n) is 1.57. The molecular weight excluding hydrogens is 188 g/mol. The molecule has 0 unspecified atom stereocenters. The lowest BCUT2D eigenvalue weighted by molar-refractivity contribution is 0.611. The first-order valence-electron chi connectivity index (χ1n) is 5.43. The van der Waals surface area contributed by atoms with Gasteiger partial charge < -0.3 is 10.6 Å². The molecule has 1 heterocycles. The second-order valence-corrected chi connectivity index (χ2v) is 3.96. The van der Waals surface area contributed by atoms with E-state index in [0.29, 0.717) is 12.5 Å². The number of rotatable bonds is 5. The third-order valence-electron chi connectivity index (χ3n) is 2.21. The molecule has 84 valence electrons. The van der Waals surface area contributed by atoms with E-state index < -0.39 is 0 Å². The molecule has 4 heteroatoms. The lowest BCUT2D eigenvalue weighted by atomic mass is 10.2. The molecule has 0 bridgehead atoms. The van der Waals surface area contributed by atoms with Crippen molar-refractivity contribution < 1.29 is 0 Å². The number of nitrogens with zero attached hydrogens (tertiary/aromatic N) is 3. The van der Waals surface area contributed by atoms with Crippen LogP contribution in [0.4, 0.5) is 5.82 Å². The maximum absolute atomic E-state index is 5.64. The summed E-state index contributed by atoms with van der Waals surface area (Å²) in [7, 11) is 0. The highest BCUT2D eigenvalue weighted by Gasteiger charge is 2.12. The molecule has 0 amide bonds. The molecule has 0 saturated carbocycles. The minimum absolute atomic E-state index is 0.442. The third-order valence-corrected chi connectivity index (χ3v) is 2.21. The monoisotopic (exact) mass is 208 g/mol. The molecule has 0 aromatic carbocycles. The van der Waals surface area contributed by atoms with E-state index in [1.54, 1.807) is 12.4 Å². The molecule has 0 aliphatic carbocycles. The normalized spacial score (nSPS) is 10.7. The Hall–Kier alpha value is -1.16. The van der Waals surface area contributed by atoms with Gasteiger partial charge in [-0.25, -0.2) is 4.98 Å². The lowest BCUT2D eigenvalue weighted by Crippen LogP contribution is -2.29. The Kier molecular flexibility index (Phi) is 4.49. The largest absolute Gasteiger partial charge is 0.355 e. The summed E-state index contributed by atoms with van der Waals surface area (Å²) in [6.45, 7) is 8.88. The molecular formula is C11H20N4. The van der Waals surface area contributed by atoms with Crippen LogP contribution in [0.15, 0.2) is 12.4 Å². The van der Waals surface area contributed by atoms with Gasteiger partial charge in [-0.1, -0.05) is 13.8 Å². The molecule has 4 nitrogen and oxygen atoms in total. The van der Waals surface area contributed by atoms with Gasteiger partial charge in [0.05, 0.1) is 5.69 Å².